The Bertz CT molecular complexity index is 635. The first-order valence-electron chi connectivity index (χ1n) is 6.42. The van der Waals surface area contributed by atoms with E-state index in [1.54, 1.807) is 6.20 Å². The number of carboxylic acid groups (broad SMARTS) is 1. The van der Waals surface area contributed by atoms with Crippen molar-refractivity contribution in [3.8, 4) is 0 Å². The number of carbonyl (C=O) groups excluding carboxylic acids is 1. The minimum Gasteiger partial charge on any atom is -0.480 e. The van der Waals surface area contributed by atoms with Gasteiger partial charge in [0.05, 0.1) is 5.52 Å². The minimum absolute atomic E-state index is 0.256. The van der Waals surface area contributed by atoms with Gasteiger partial charge in [0.25, 0.3) is 0 Å². The second kappa shape index (κ2) is 6.14. The summed E-state index contributed by atoms with van der Waals surface area (Å²) in [5, 5.41) is 12.2. The van der Waals surface area contributed by atoms with E-state index >= 15 is 0 Å². The maximum atomic E-state index is 11.7. The van der Waals surface area contributed by atoms with E-state index in [-0.39, 0.29) is 12.3 Å². The van der Waals surface area contributed by atoms with Gasteiger partial charge in [0.2, 0.25) is 5.91 Å². The first kappa shape index (κ1) is 14.0. The van der Waals surface area contributed by atoms with E-state index in [1.807, 2.05) is 30.3 Å². The monoisotopic (exact) mass is 272 g/mol. The summed E-state index contributed by atoms with van der Waals surface area (Å²) < 4.78 is 0. The van der Waals surface area contributed by atoms with Crippen LogP contribution in [0.3, 0.4) is 0 Å². The lowest BCUT2D eigenvalue weighted by atomic mass is 10.0. The van der Waals surface area contributed by atoms with Gasteiger partial charge in [0.1, 0.15) is 6.04 Å². The quantitative estimate of drug-likeness (QED) is 0.869. The zero-order chi connectivity index (χ0) is 14.5. The smallest absolute Gasteiger partial charge is 0.325 e. The molecule has 1 aromatic carbocycles. The minimum atomic E-state index is -1.03. The van der Waals surface area contributed by atoms with Crippen LogP contribution in [0.15, 0.2) is 36.5 Å². The number of benzene rings is 1. The van der Waals surface area contributed by atoms with E-state index in [0.29, 0.717) is 6.42 Å². The molecule has 0 fully saturated rings. The predicted molar refractivity (Wildman–Crippen MR) is 75.3 cm³/mol. The van der Waals surface area contributed by atoms with E-state index in [2.05, 4.69) is 10.3 Å². The fraction of sp³-hybridized carbons (Fsp3) is 0.267. The average Bonchev–Trinajstić information content (AvgIpc) is 2.44. The molecule has 1 heterocycles. The Morgan fingerprint density at radius 2 is 2.05 bits per heavy atom. The van der Waals surface area contributed by atoms with E-state index in [4.69, 9.17) is 5.11 Å². The molecule has 1 amide bonds. The van der Waals surface area contributed by atoms with Crippen molar-refractivity contribution in [3.63, 3.8) is 0 Å². The number of amides is 1. The summed E-state index contributed by atoms with van der Waals surface area (Å²) in [7, 11) is 0. The molecule has 1 aromatic heterocycles. The lowest BCUT2D eigenvalue weighted by Crippen LogP contribution is -2.38. The highest BCUT2D eigenvalue weighted by molar-refractivity contribution is 5.85. The Labute approximate surface area is 116 Å². The number of para-hydroxylation sites is 1. The standard InChI is InChI=1S/C15H16N2O3/c1-10(15(19)20)17-14(18)7-6-11-8-9-16-13-5-3-2-4-12(11)13/h2-5,8-10H,6-7H2,1H3,(H,17,18)(H,19,20). The fourth-order valence-corrected chi connectivity index (χ4v) is 2.00. The van der Waals surface area contributed by atoms with Gasteiger partial charge in [-0.3, -0.25) is 14.6 Å². The number of carbonyl (C=O) groups is 2. The van der Waals surface area contributed by atoms with Gasteiger partial charge >= 0.3 is 5.97 Å². The Balaban J connectivity index is 2.03. The number of aliphatic carboxylic acids is 1. The highest BCUT2D eigenvalue weighted by Gasteiger charge is 2.13. The van der Waals surface area contributed by atoms with Crippen molar-refractivity contribution in [1.29, 1.82) is 0 Å². The van der Waals surface area contributed by atoms with E-state index in [9.17, 15) is 9.59 Å². The lowest BCUT2D eigenvalue weighted by molar-refractivity contribution is -0.141. The molecular formula is C15H16N2O3. The van der Waals surface area contributed by atoms with Crippen molar-refractivity contribution in [2.75, 3.05) is 0 Å². The third-order valence-electron chi connectivity index (χ3n) is 3.11. The van der Waals surface area contributed by atoms with Crippen LogP contribution in [-0.2, 0) is 16.0 Å². The molecule has 5 nitrogen and oxygen atoms in total. The summed E-state index contributed by atoms with van der Waals surface area (Å²) in [6.45, 7) is 1.45. The molecule has 2 N–H and O–H groups in total. The van der Waals surface area contributed by atoms with Crippen LogP contribution in [0.1, 0.15) is 18.9 Å². The third-order valence-corrected chi connectivity index (χ3v) is 3.11. The van der Waals surface area contributed by atoms with Gasteiger partial charge in [0, 0.05) is 18.0 Å². The van der Waals surface area contributed by atoms with Crippen LogP contribution in [0.25, 0.3) is 10.9 Å². The first-order chi connectivity index (χ1) is 9.58. The van der Waals surface area contributed by atoms with Crippen LogP contribution in [0.4, 0.5) is 0 Å². The van der Waals surface area contributed by atoms with Crippen LogP contribution >= 0.6 is 0 Å². The number of carboxylic acids is 1. The maximum Gasteiger partial charge on any atom is 0.325 e. The normalized spacial score (nSPS) is 12.1. The average molecular weight is 272 g/mol. The molecule has 0 aliphatic rings. The Morgan fingerprint density at radius 1 is 1.30 bits per heavy atom. The second-order valence-electron chi connectivity index (χ2n) is 4.61. The molecule has 1 atom stereocenters. The molecule has 5 heteroatoms. The fourth-order valence-electron chi connectivity index (χ4n) is 2.00. The van der Waals surface area contributed by atoms with Crippen molar-refractivity contribution in [2.45, 2.75) is 25.8 Å². The van der Waals surface area contributed by atoms with Gasteiger partial charge in [-0.15, -0.1) is 0 Å². The number of aromatic nitrogens is 1. The Hall–Kier alpha value is -2.43. The van der Waals surface area contributed by atoms with Gasteiger partial charge in [-0.1, -0.05) is 18.2 Å². The summed E-state index contributed by atoms with van der Waals surface area (Å²) in [6, 6.07) is 8.76. The summed E-state index contributed by atoms with van der Waals surface area (Å²) in [6.07, 6.45) is 2.53. The number of fused-ring (bicyclic) bond motifs is 1. The van der Waals surface area contributed by atoms with Crippen molar-refractivity contribution in [2.24, 2.45) is 0 Å². The number of aryl methyl sites for hydroxylation is 1. The van der Waals surface area contributed by atoms with Crippen molar-refractivity contribution < 1.29 is 14.7 Å². The Kier molecular flexibility index (Phi) is 4.30. The SMILES string of the molecule is CC(NC(=O)CCc1ccnc2ccccc12)C(=O)O. The lowest BCUT2D eigenvalue weighted by Gasteiger charge is -2.10. The Morgan fingerprint density at radius 3 is 2.80 bits per heavy atom. The highest BCUT2D eigenvalue weighted by atomic mass is 16.4. The molecule has 0 bridgehead atoms. The zero-order valence-electron chi connectivity index (χ0n) is 11.2. The van der Waals surface area contributed by atoms with E-state index in [0.717, 1.165) is 16.5 Å². The molecule has 0 aliphatic heterocycles. The molecule has 0 saturated heterocycles. The van der Waals surface area contributed by atoms with E-state index in [1.165, 1.54) is 6.92 Å². The van der Waals surface area contributed by atoms with Gasteiger partial charge < -0.3 is 10.4 Å². The van der Waals surface area contributed by atoms with Crippen LogP contribution in [0.5, 0.6) is 0 Å². The first-order valence-corrected chi connectivity index (χ1v) is 6.42. The number of nitrogens with one attached hydrogen (secondary N) is 1. The summed E-state index contributed by atoms with van der Waals surface area (Å²) >= 11 is 0. The molecule has 2 aromatic rings. The van der Waals surface area contributed by atoms with Gasteiger partial charge in [-0.25, -0.2) is 0 Å². The van der Waals surface area contributed by atoms with Crippen molar-refractivity contribution >= 4 is 22.8 Å². The number of nitrogens with zero attached hydrogens (tertiary/aromatic N) is 1. The predicted octanol–water partition coefficient (Wildman–Crippen LogP) is 1.76. The van der Waals surface area contributed by atoms with Crippen molar-refractivity contribution in [1.82, 2.24) is 10.3 Å². The topological polar surface area (TPSA) is 79.3 Å². The molecule has 0 saturated carbocycles. The molecular weight excluding hydrogens is 256 g/mol. The van der Waals surface area contributed by atoms with E-state index < -0.39 is 12.0 Å². The number of pyridine rings is 1. The number of hydrogen-bond donors (Lipinski definition) is 2. The zero-order valence-corrected chi connectivity index (χ0v) is 11.2. The number of hydrogen-bond acceptors (Lipinski definition) is 3. The maximum absolute atomic E-state index is 11.7. The summed E-state index contributed by atoms with van der Waals surface area (Å²) in [5.74, 6) is -1.30. The molecule has 104 valence electrons. The number of rotatable bonds is 5. The van der Waals surface area contributed by atoms with Crippen LogP contribution < -0.4 is 5.32 Å². The summed E-state index contributed by atoms with van der Waals surface area (Å²) in [4.78, 5) is 26.6. The second-order valence-corrected chi connectivity index (χ2v) is 4.61. The van der Waals surface area contributed by atoms with Gasteiger partial charge in [0.15, 0.2) is 0 Å². The van der Waals surface area contributed by atoms with Gasteiger partial charge in [-0.05, 0) is 31.0 Å². The highest BCUT2D eigenvalue weighted by Crippen LogP contribution is 2.17. The van der Waals surface area contributed by atoms with Crippen LogP contribution in [0.2, 0.25) is 0 Å². The molecule has 0 radical (unpaired) electrons. The molecule has 20 heavy (non-hydrogen) atoms. The van der Waals surface area contributed by atoms with Crippen LogP contribution in [0, 0.1) is 0 Å². The summed E-state index contributed by atoms with van der Waals surface area (Å²) in [5.41, 5.74) is 1.93. The van der Waals surface area contributed by atoms with Crippen LogP contribution in [-0.4, -0.2) is 28.0 Å². The molecule has 0 aliphatic carbocycles. The molecule has 1 unspecified atom stereocenters. The van der Waals surface area contributed by atoms with Gasteiger partial charge in [-0.2, -0.15) is 0 Å². The largest absolute Gasteiger partial charge is 0.480 e. The molecule has 2 rings (SSSR count). The van der Waals surface area contributed by atoms with Crippen molar-refractivity contribution in [3.05, 3.63) is 42.1 Å². The third kappa shape index (κ3) is 3.32. The molecule has 0 spiro atoms.